The molecule has 126 valence electrons. The Morgan fingerprint density at radius 1 is 1.21 bits per heavy atom. The van der Waals surface area contributed by atoms with Crippen LogP contribution in [-0.4, -0.2) is 48.2 Å². The molecule has 1 aliphatic heterocycles. The second kappa shape index (κ2) is 7.27. The van der Waals surface area contributed by atoms with Gasteiger partial charge in [-0.1, -0.05) is 35.5 Å². The van der Waals surface area contributed by atoms with E-state index in [1.165, 1.54) is 6.07 Å². The Hall–Kier alpha value is -2.67. The molecule has 1 aromatic heterocycles. The lowest BCUT2D eigenvalue weighted by molar-refractivity contribution is -0.145. The summed E-state index contributed by atoms with van der Waals surface area (Å²) in [7, 11) is 0. The van der Waals surface area contributed by atoms with Gasteiger partial charge in [-0.05, 0) is 6.92 Å². The van der Waals surface area contributed by atoms with Crippen LogP contribution < -0.4 is 0 Å². The van der Waals surface area contributed by atoms with Crippen molar-refractivity contribution < 1.29 is 23.6 Å². The largest absolute Gasteiger partial charge is 0.441 e. The first-order valence-electron chi connectivity index (χ1n) is 7.71. The zero-order chi connectivity index (χ0) is 16.9. The number of aromatic nitrogens is 1. The van der Waals surface area contributed by atoms with Crippen molar-refractivity contribution in [3.8, 4) is 0 Å². The van der Waals surface area contributed by atoms with Crippen LogP contribution in [0.25, 0.3) is 0 Å². The molecule has 1 amide bonds. The molecule has 3 rings (SSSR count). The van der Waals surface area contributed by atoms with Crippen LogP contribution in [0.3, 0.4) is 0 Å². The maximum absolute atomic E-state index is 12.8. The van der Waals surface area contributed by atoms with E-state index in [9.17, 15) is 9.59 Å². The third kappa shape index (κ3) is 3.62. The summed E-state index contributed by atoms with van der Waals surface area (Å²) in [6.07, 6.45) is -1.03. The Morgan fingerprint density at radius 2 is 1.92 bits per heavy atom. The molecule has 0 unspecified atom stereocenters. The van der Waals surface area contributed by atoms with Crippen molar-refractivity contribution in [2.24, 2.45) is 0 Å². The molecule has 2 heterocycles. The van der Waals surface area contributed by atoms with Gasteiger partial charge in [-0.2, -0.15) is 0 Å². The first-order chi connectivity index (χ1) is 11.6. The molecule has 24 heavy (non-hydrogen) atoms. The smallest absolute Gasteiger partial charge is 0.378 e. The van der Waals surface area contributed by atoms with Gasteiger partial charge in [0.1, 0.15) is 0 Å². The van der Waals surface area contributed by atoms with Crippen molar-refractivity contribution in [1.29, 1.82) is 0 Å². The molecule has 1 aromatic carbocycles. The number of carbonyl (C=O) groups is 2. The van der Waals surface area contributed by atoms with Crippen LogP contribution in [0.4, 0.5) is 0 Å². The van der Waals surface area contributed by atoms with Gasteiger partial charge in [0.2, 0.25) is 11.9 Å². The fourth-order valence-electron chi connectivity index (χ4n) is 2.46. The number of esters is 1. The molecule has 0 N–H and O–H groups in total. The summed E-state index contributed by atoms with van der Waals surface area (Å²) >= 11 is 0. The van der Waals surface area contributed by atoms with Gasteiger partial charge in [0, 0.05) is 24.7 Å². The zero-order valence-electron chi connectivity index (χ0n) is 13.3. The number of carbonyl (C=O) groups excluding carboxylic acids is 2. The van der Waals surface area contributed by atoms with Crippen LogP contribution in [0.15, 0.2) is 40.9 Å². The molecule has 7 nitrogen and oxygen atoms in total. The Kier molecular flexibility index (Phi) is 4.90. The minimum Gasteiger partial charge on any atom is -0.441 e. The number of ether oxygens (including phenoxy) is 2. The topological polar surface area (TPSA) is 81.9 Å². The molecule has 1 saturated heterocycles. The van der Waals surface area contributed by atoms with Crippen molar-refractivity contribution in [3.63, 3.8) is 0 Å². The lowest BCUT2D eigenvalue weighted by Crippen LogP contribution is -2.44. The molecule has 0 saturated carbocycles. The molecule has 7 heteroatoms. The SMILES string of the molecule is Cc1cc(C(=O)O[C@@H](C(=O)N2CCOCC2)c2ccccc2)on1. The molecule has 0 aliphatic carbocycles. The van der Waals surface area contributed by atoms with Crippen LogP contribution >= 0.6 is 0 Å². The summed E-state index contributed by atoms with van der Waals surface area (Å²) in [4.78, 5) is 26.7. The van der Waals surface area contributed by atoms with Crippen molar-refractivity contribution in [2.45, 2.75) is 13.0 Å². The minimum absolute atomic E-state index is 0.0248. The lowest BCUT2D eigenvalue weighted by atomic mass is 10.1. The number of nitrogens with zero attached hydrogens (tertiary/aromatic N) is 2. The van der Waals surface area contributed by atoms with Crippen molar-refractivity contribution in [1.82, 2.24) is 10.1 Å². The van der Waals surface area contributed by atoms with E-state index in [0.29, 0.717) is 37.6 Å². The van der Waals surface area contributed by atoms with Crippen molar-refractivity contribution >= 4 is 11.9 Å². The first kappa shape index (κ1) is 16.2. The van der Waals surface area contributed by atoms with Crippen LogP contribution in [0.2, 0.25) is 0 Å². The third-order valence-corrected chi connectivity index (χ3v) is 3.70. The number of hydrogen-bond donors (Lipinski definition) is 0. The number of aryl methyl sites for hydroxylation is 1. The third-order valence-electron chi connectivity index (χ3n) is 3.70. The molecule has 0 spiro atoms. The van der Waals surface area contributed by atoms with E-state index in [0.717, 1.165) is 0 Å². The standard InChI is InChI=1S/C17H18N2O5/c1-12-11-14(24-18-12)17(21)23-15(13-5-3-2-4-6-13)16(20)19-7-9-22-10-8-19/h2-6,11,15H,7-10H2,1H3/t15-/m1/s1. The second-order valence-electron chi connectivity index (χ2n) is 5.47. The molecule has 0 radical (unpaired) electrons. The summed E-state index contributed by atoms with van der Waals surface area (Å²) in [5.74, 6) is -1.01. The monoisotopic (exact) mass is 330 g/mol. The van der Waals surface area contributed by atoms with E-state index in [4.69, 9.17) is 14.0 Å². The van der Waals surface area contributed by atoms with Crippen molar-refractivity contribution in [2.75, 3.05) is 26.3 Å². The Labute approximate surface area is 139 Å². The summed E-state index contributed by atoms with van der Waals surface area (Å²) < 4.78 is 15.6. The number of morpholine rings is 1. The molecule has 2 aromatic rings. The van der Waals surface area contributed by atoms with Crippen LogP contribution in [-0.2, 0) is 14.3 Å². The number of benzene rings is 1. The molecular formula is C17H18N2O5. The first-order valence-corrected chi connectivity index (χ1v) is 7.71. The Balaban J connectivity index is 1.82. The normalized spacial score (nSPS) is 15.8. The van der Waals surface area contributed by atoms with Gasteiger partial charge in [-0.25, -0.2) is 4.79 Å². The Morgan fingerprint density at radius 3 is 2.54 bits per heavy atom. The van der Waals surface area contributed by atoms with Gasteiger partial charge in [-0.15, -0.1) is 0 Å². The fraction of sp³-hybridized carbons (Fsp3) is 0.353. The van der Waals surface area contributed by atoms with E-state index in [1.54, 1.807) is 36.1 Å². The summed E-state index contributed by atoms with van der Waals surface area (Å²) in [5, 5.41) is 3.66. The van der Waals surface area contributed by atoms with Gasteiger partial charge in [0.25, 0.3) is 5.91 Å². The van der Waals surface area contributed by atoms with Gasteiger partial charge >= 0.3 is 5.97 Å². The van der Waals surface area contributed by atoms with Gasteiger partial charge < -0.3 is 18.9 Å². The zero-order valence-corrected chi connectivity index (χ0v) is 13.3. The summed E-state index contributed by atoms with van der Waals surface area (Å²) in [5.41, 5.74) is 1.18. The molecular weight excluding hydrogens is 312 g/mol. The van der Waals surface area contributed by atoms with Crippen LogP contribution in [0.5, 0.6) is 0 Å². The van der Waals surface area contributed by atoms with E-state index in [-0.39, 0.29) is 11.7 Å². The highest BCUT2D eigenvalue weighted by Gasteiger charge is 2.31. The molecule has 1 atom stereocenters. The highest BCUT2D eigenvalue weighted by molar-refractivity contribution is 5.90. The molecule has 1 fully saturated rings. The minimum atomic E-state index is -1.03. The fourth-order valence-corrected chi connectivity index (χ4v) is 2.46. The maximum atomic E-state index is 12.8. The quantitative estimate of drug-likeness (QED) is 0.794. The van der Waals surface area contributed by atoms with Crippen molar-refractivity contribution in [3.05, 3.63) is 53.4 Å². The Bertz CT molecular complexity index is 707. The summed E-state index contributed by atoms with van der Waals surface area (Å²) in [6, 6.07) is 10.4. The van der Waals surface area contributed by atoms with E-state index in [1.807, 2.05) is 6.07 Å². The second-order valence-corrected chi connectivity index (χ2v) is 5.47. The highest BCUT2D eigenvalue weighted by atomic mass is 16.6. The van der Waals surface area contributed by atoms with Gasteiger partial charge in [0.05, 0.1) is 18.9 Å². The maximum Gasteiger partial charge on any atom is 0.378 e. The number of amides is 1. The predicted molar refractivity (Wildman–Crippen MR) is 83.2 cm³/mol. The molecule has 1 aliphatic rings. The number of hydrogen-bond acceptors (Lipinski definition) is 6. The average molecular weight is 330 g/mol. The number of rotatable bonds is 4. The molecule has 0 bridgehead atoms. The van der Waals surface area contributed by atoms with E-state index < -0.39 is 12.1 Å². The van der Waals surface area contributed by atoms with E-state index >= 15 is 0 Å². The van der Waals surface area contributed by atoms with Crippen LogP contribution in [0, 0.1) is 6.92 Å². The predicted octanol–water partition coefficient (Wildman–Crippen LogP) is 1.74. The van der Waals surface area contributed by atoms with Crippen LogP contribution in [0.1, 0.15) is 27.9 Å². The highest BCUT2D eigenvalue weighted by Crippen LogP contribution is 2.22. The lowest BCUT2D eigenvalue weighted by Gasteiger charge is -2.30. The average Bonchev–Trinajstić information content (AvgIpc) is 3.07. The van der Waals surface area contributed by atoms with Gasteiger partial charge in [0.15, 0.2) is 0 Å². The summed E-state index contributed by atoms with van der Waals surface area (Å²) in [6.45, 7) is 3.60. The van der Waals surface area contributed by atoms with E-state index in [2.05, 4.69) is 5.16 Å². The van der Waals surface area contributed by atoms with Gasteiger partial charge in [-0.3, -0.25) is 4.79 Å².